The molecule has 0 amide bonds. The molecule has 0 spiro atoms. The van der Waals surface area contributed by atoms with Crippen LogP contribution >= 0.6 is 7.26 Å². The third-order valence-electron chi connectivity index (χ3n) is 8.12. The zero-order valence-corrected chi connectivity index (χ0v) is 26.5. The number of aryl methyl sites for hydroxylation is 5. The highest BCUT2D eigenvalue weighted by atomic mass is 31.2. The van der Waals surface area contributed by atoms with E-state index in [0.717, 1.165) is 0 Å². The van der Waals surface area contributed by atoms with Gasteiger partial charge in [0.2, 0.25) is 0 Å². The summed E-state index contributed by atoms with van der Waals surface area (Å²) in [5.74, 6) is 0. The van der Waals surface area contributed by atoms with E-state index in [1.807, 2.05) is 0 Å². The second-order valence-electron chi connectivity index (χ2n) is 12.4. The van der Waals surface area contributed by atoms with Crippen LogP contribution in [-0.4, -0.2) is 26.1 Å². The van der Waals surface area contributed by atoms with Crippen LogP contribution in [0, 0.1) is 34.6 Å². The van der Waals surface area contributed by atoms with E-state index in [9.17, 15) is 0 Å². The lowest BCUT2D eigenvalue weighted by Gasteiger charge is -2.44. The van der Waals surface area contributed by atoms with Crippen molar-refractivity contribution in [2.75, 3.05) is 20.0 Å². The van der Waals surface area contributed by atoms with Crippen molar-refractivity contribution < 1.29 is 0 Å². The molecule has 0 nitrogen and oxygen atoms in total. The lowest BCUT2D eigenvalue weighted by molar-refractivity contribution is 1.46. The van der Waals surface area contributed by atoms with E-state index in [0.29, 0.717) is 0 Å². The Hall–Kier alpha value is -3.41. The summed E-state index contributed by atoms with van der Waals surface area (Å²) in [6.07, 6.45) is -1.27. The van der Waals surface area contributed by atoms with Crippen molar-refractivity contribution in [1.29, 1.82) is 0 Å². The normalized spacial score (nSPS) is 11.5. The van der Waals surface area contributed by atoms with E-state index in [4.69, 9.17) is 0 Å². The van der Waals surface area contributed by atoms with Crippen LogP contribution in [0.15, 0.2) is 121 Å². The molecule has 0 N–H and O–H groups in total. The highest BCUT2D eigenvalue weighted by molar-refractivity contribution is 7.80. The summed E-state index contributed by atoms with van der Waals surface area (Å²) in [6, 6.07) is 45.3. The van der Waals surface area contributed by atoms with Crippen LogP contribution in [0.25, 0.3) is 0 Å². The van der Waals surface area contributed by atoms with Crippen molar-refractivity contribution in [2.45, 2.75) is 34.6 Å². The molecular formula is C38H44BP. The van der Waals surface area contributed by atoms with Gasteiger partial charge in [-0.1, -0.05) is 137 Å². The predicted octanol–water partition coefficient (Wildman–Crippen LogP) is 6.83. The minimum absolute atomic E-state index is 0.788. The molecule has 0 radical (unpaired) electrons. The third kappa shape index (κ3) is 6.66. The molecule has 0 aliphatic rings. The fourth-order valence-corrected chi connectivity index (χ4v) is 6.61. The van der Waals surface area contributed by atoms with Gasteiger partial charge in [0.15, 0.2) is 0 Å². The monoisotopic (exact) mass is 542 g/mol. The molecule has 0 aliphatic carbocycles. The van der Waals surface area contributed by atoms with Crippen molar-refractivity contribution in [3.63, 3.8) is 0 Å². The van der Waals surface area contributed by atoms with Gasteiger partial charge in [0.25, 0.3) is 0 Å². The molecule has 0 saturated carbocycles. The van der Waals surface area contributed by atoms with E-state index in [2.05, 4.69) is 176 Å². The Morgan fingerprint density at radius 1 is 0.325 bits per heavy atom. The first-order valence-corrected chi connectivity index (χ1v) is 17.5. The van der Waals surface area contributed by atoms with Crippen LogP contribution < -0.4 is 27.2 Å². The smallest absolute Gasteiger partial charge is 0.108 e. The van der Waals surface area contributed by atoms with E-state index >= 15 is 0 Å². The van der Waals surface area contributed by atoms with Crippen LogP contribution in [0.1, 0.15) is 27.8 Å². The molecule has 0 unspecified atom stereocenters. The van der Waals surface area contributed by atoms with Crippen LogP contribution in [0.3, 0.4) is 0 Å². The summed E-state index contributed by atoms with van der Waals surface area (Å²) in [7, 11) is -0.788. The van der Waals surface area contributed by atoms with Gasteiger partial charge in [0.1, 0.15) is 6.15 Å². The predicted molar refractivity (Wildman–Crippen MR) is 185 cm³/mol. The van der Waals surface area contributed by atoms with Gasteiger partial charge in [0.05, 0.1) is 25.3 Å². The molecule has 2 heteroatoms. The van der Waals surface area contributed by atoms with Gasteiger partial charge < -0.3 is 0 Å². The Morgan fingerprint density at radius 3 is 0.725 bits per heavy atom. The molecule has 0 saturated heterocycles. The fraction of sp³-hybridized carbons (Fsp3) is 0.211. The molecule has 0 atom stereocenters. The molecule has 0 aliphatic heterocycles. The Labute approximate surface area is 243 Å². The Kier molecular flexibility index (Phi) is 9.17. The Morgan fingerprint density at radius 2 is 0.525 bits per heavy atom. The van der Waals surface area contributed by atoms with Gasteiger partial charge in [-0.15, -0.1) is 0 Å². The van der Waals surface area contributed by atoms with Gasteiger partial charge in [-0.25, -0.2) is 0 Å². The quantitative estimate of drug-likeness (QED) is 0.169. The van der Waals surface area contributed by atoms with Crippen molar-refractivity contribution in [3.05, 3.63) is 149 Å². The van der Waals surface area contributed by atoms with Gasteiger partial charge in [0, 0.05) is 7.26 Å². The minimum Gasteiger partial charge on any atom is -0.195 e. The fourth-order valence-electron chi connectivity index (χ4n) is 5.57. The Balaban J connectivity index is 0.000000283. The number of hydrogen-bond donors (Lipinski definition) is 0. The van der Waals surface area contributed by atoms with E-state index in [-0.39, 0.29) is 0 Å². The zero-order valence-electron chi connectivity index (χ0n) is 25.6. The van der Waals surface area contributed by atoms with Crippen molar-refractivity contribution in [3.8, 4) is 0 Å². The topological polar surface area (TPSA) is 0 Å². The average Bonchev–Trinajstić information content (AvgIpc) is 2.93. The molecule has 0 heterocycles. The zero-order chi connectivity index (χ0) is 28.9. The van der Waals surface area contributed by atoms with Gasteiger partial charge in [-0.3, -0.25) is 0 Å². The maximum absolute atomic E-state index is 2.34. The molecule has 5 aromatic carbocycles. The summed E-state index contributed by atoms with van der Waals surface area (Å²) in [5, 5.41) is 1.52. The SMILES string of the molecule is Cc1ccc([B-](c2ccc(C)cc2)(c2ccc(C)cc2)c2ccc(C)cc2)cc1.Cc1ccc([P+](C)(C)C)cc1. The molecular weight excluding hydrogens is 498 g/mol. The van der Waals surface area contributed by atoms with E-state index in [1.165, 1.54) is 55.0 Å². The first-order valence-electron chi connectivity index (χ1n) is 14.3. The van der Waals surface area contributed by atoms with Crippen molar-refractivity contribution in [1.82, 2.24) is 0 Å². The first kappa shape index (κ1) is 29.6. The van der Waals surface area contributed by atoms with Crippen LogP contribution in [-0.2, 0) is 0 Å². The lowest BCUT2D eigenvalue weighted by atomic mass is 9.13. The summed E-state index contributed by atoms with van der Waals surface area (Å²) in [5.41, 5.74) is 11.9. The van der Waals surface area contributed by atoms with Crippen molar-refractivity contribution in [2.24, 2.45) is 0 Å². The minimum atomic E-state index is -1.27. The number of rotatable bonds is 5. The first-order chi connectivity index (χ1) is 19.0. The standard InChI is InChI=1S/C28H28B.C10H16P/c1-21-5-13-25(14-6-21)29(26-15-7-22(2)8-16-26,27-17-9-23(3)10-18-27)28-19-11-24(4)12-20-28;1-9-5-7-10(8-6-9)11(2,3)4/h5-20H,1-4H3;5-8H,1-4H3/q-1;+1. The van der Waals surface area contributed by atoms with Gasteiger partial charge in [-0.05, 0) is 46.8 Å². The van der Waals surface area contributed by atoms with Gasteiger partial charge in [-0.2, -0.15) is 21.9 Å². The van der Waals surface area contributed by atoms with Crippen LogP contribution in [0.2, 0.25) is 0 Å². The van der Waals surface area contributed by atoms with Crippen LogP contribution in [0.4, 0.5) is 0 Å². The van der Waals surface area contributed by atoms with Crippen LogP contribution in [0.5, 0.6) is 0 Å². The maximum atomic E-state index is 2.34. The molecule has 5 aromatic rings. The highest BCUT2D eigenvalue weighted by Crippen LogP contribution is 2.44. The summed E-state index contributed by atoms with van der Waals surface area (Å²) in [4.78, 5) is 0. The second kappa shape index (κ2) is 12.4. The Bertz CT molecular complexity index is 1320. The number of hydrogen-bond acceptors (Lipinski definition) is 0. The van der Waals surface area contributed by atoms with Crippen molar-refractivity contribution >= 4 is 40.6 Å². The summed E-state index contributed by atoms with van der Waals surface area (Å²) < 4.78 is 0. The second-order valence-corrected chi connectivity index (χ2v) is 16.9. The highest BCUT2D eigenvalue weighted by Gasteiger charge is 2.31. The molecule has 40 heavy (non-hydrogen) atoms. The molecule has 0 fully saturated rings. The summed E-state index contributed by atoms with van der Waals surface area (Å²) in [6.45, 7) is 17.8. The largest absolute Gasteiger partial charge is 0.195 e. The molecule has 5 rings (SSSR count). The maximum Gasteiger partial charge on any atom is 0.108 e. The van der Waals surface area contributed by atoms with E-state index < -0.39 is 13.4 Å². The summed E-state index contributed by atoms with van der Waals surface area (Å²) >= 11 is 0. The lowest BCUT2D eigenvalue weighted by Crippen LogP contribution is -2.74. The molecule has 204 valence electrons. The average molecular weight is 543 g/mol. The molecule has 0 aromatic heterocycles. The third-order valence-corrected chi connectivity index (χ3v) is 9.97. The number of benzene rings is 5. The van der Waals surface area contributed by atoms with Gasteiger partial charge >= 0.3 is 0 Å². The van der Waals surface area contributed by atoms with E-state index in [1.54, 1.807) is 0 Å². The molecule has 0 bridgehead atoms.